The first kappa shape index (κ1) is 13.1. The Kier molecular flexibility index (Phi) is 3.64. The van der Waals surface area contributed by atoms with Gasteiger partial charge in [0.1, 0.15) is 5.60 Å². The summed E-state index contributed by atoms with van der Waals surface area (Å²) in [6.07, 6.45) is 1.10. The molecule has 0 atom stereocenters. The van der Waals surface area contributed by atoms with Gasteiger partial charge < -0.3 is 10.0 Å². The summed E-state index contributed by atoms with van der Waals surface area (Å²) in [5.74, 6) is 6.11. The first-order valence-electron chi connectivity index (χ1n) is 5.74. The van der Waals surface area contributed by atoms with E-state index in [0.29, 0.717) is 25.9 Å². The molecule has 1 fully saturated rings. The number of piperidine rings is 1. The van der Waals surface area contributed by atoms with Gasteiger partial charge in [0, 0.05) is 38.3 Å². The number of rotatable bonds is 0. The highest BCUT2D eigenvalue weighted by Gasteiger charge is 2.31. The topological polar surface area (TPSA) is 40.5 Å². The molecule has 1 rings (SSSR count). The Morgan fingerprint density at radius 3 is 2.19 bits per heavy atom. The minimum Gasteiger partial charge on any atom is -0.377 e. The van der Waals surface area contributed by atoms with Crippen LogP contribution in [0.4, 0.5) is 0 Å². The highest BCUT2D eigenvalue weighted by Crippen LogP contribution is 2.22. The molecule has 1 amide bonds. The van der Waals surface area contributed by atoms with Gasteiger partial charge in [-0.25, -0.2) is 0 Å². The zero-order valence-electron chi connectivity index (χ0n) is 10.6. The summed E-state index contributed by atoms with van der Waals surface area (Å²) in [4.78, 5) is 12.9. The van der Waals surface area contributed by atoms with E-state index in [1.165, 1.54) is 0 Å². The Bertz CT molecular complexity index is 322. The normalized spacial score (nSPS) is 19.9. The second-order valence-electron chi connectivity index (χ2n) is 5.54. The SMILES string of the molecule is CC(=O)N1CCC(O)(C#CC(C)(C)C)CC1. The van der Waals surface area contributed by atoms with E-state index in [2.05, 4.69) is 11.8 Å². The number of nitrogens with zero attached hydrogens (tertiary/aromatic N) is 1. The van der Waals surface area contributed by atoms with E-state index in [0.717, 1.165) is 0 Å². The van der Waals surface area contributed by atoms with Crippen LogP contribution in [0.25, 0.3) is 0 Å². The molecule has 3 nitrogen and oxygen atoms in total. The zero-order valence-corrected chi connectivity index (χ0v) is 10.6. The minimum atomic E-state index is -0.904. The molecule has 90 valence electrons. The Morgan fingerprint density at radius 1 is 1.31 bits per heavy atom. The van der Waals surface area contributed by atoms with Gasteiger partial charge in [0.2, 0.25) is 5.91 Å². The van der Waals surface area contributed by atoms with Crippen LogP contribution in [0, 0.1) is 17.3 Å². The molecule has 0 bridgehead atoms. The lowest BCUT2D eigenvalue weighted by atomic mass is 9.89. The predicted octanol–water partition coefficient (Wildman–Crippen LogP) is 1.41. The van der Waals surface area contributed by atoms with Crippen molar-refractivity contribution in [3.8, 4) is 11.8 Å². The number of carbonyl (C=O) groups excluding carboxylic acids is 1. The van der Waals surface area contributed by atoms with E-state index in [9.17, 15) is 9.90 Å². The van der Waals surface area contributed by atoms with Crippen LogP contribution < -0.4 is 0 Å². The Labute approximate surface area is 97.8 Å². The second kappa shape index (κ2) is 4.47. The molecule has 1 aliphatic heterocycles. The molecule has 0 radical (unpaired) electrons. The maximum atomic E-state index is 11.1. The van der Waals surface area contributed by atoms with Gasteiger partial charge in [-0.1, -0.05) is 11.8 Å². The van der Waals surface area contributed by atoms with Gasteiger partial charge in [0.25, 0.3) is 0 Å². The monoisotopic (exact) mass is 223 g/mol. The lowest BCUT2D eigenvalue weighted by Crippen LogP contribution is -2.45. The van der Waals surface area contributed by atoms with Crippen molar-refractivity contribution >= 4 is 5.91 Å². The minimum absolute atomic E-state index is 0.0748. The standard InChI is InChI=1S/C13H21NO2/c1-11(15)14-9-7-13(16,8-10-14)6-5-12(2,3)4/h16H,7-10H2,1-4H3. The fourth-order valence-corrected chi connectivity index (χ4v) is 1.62. The quantitative estimate of drug-likeness (QED) is 0.631. The number of carbonyl (C=O) groups is 1. The number of amides is 1. The lowest BCUT2D eigenvalue weighted by Gasteiger charge is -2.34. The Hall–Kier alpha value is -1.01. The van der Waals surface area contributed by atoms with E-state index >= 15 is 0 Å². The van der Waals surface area contributed by atoms with Gasteiger partial charge in [-0.15, -0.1) is 0 Å². The summed E-state index contributed by atoms with van der Waals surface area (Å²) in [6, 6.07) is 0. The van der Waals surface area contributed by atoms with Crippen molar-refractivity contribution in [2.24, 2.45) is 5.41 Å². The molecule has 0 aliphatic carbocycles. The summed E-state index contributed by atoms with van der Waals surface area (Å²) in [5, 5.41) is 10.2. The first-order chi connectivity index (χ1) is 7.22. The molecule has 0 aromatic rings. The van der Waals surface area contributed by atoms with E-state index < -0.39 is 5.60 Å². The second-order valence-corrected chi connectivity index (χ2v) is 5.54. The van der Waals surface area contributed by atoms with Gasteiger partial charge in [0.05, 0.1) is 0 Å². The van der Waals surface area contributed by atoms with Crippen molar-refractivity contribution in [3.63, 3.8) is 0 Å². The molecule has 0 unspecified atom stereocenters. The molecule has 1 heterocycles. The summed E-state index contributed by atoms with van der Waals surface area (Å²) in [6.45, 7) is 8.83. The van der Waals surface area contributed by atoms with Crippen LogP contribution in [-0.4, -0.2) is 34.6 Å². The fraction of sp³-hybridized carbons (Fsp3) is 0.769. The molecule has 0 aromatic heterocycles. The van der Waals surface area contributed by atoms with Crippen LogP contribution in [0.2, 0.25) is 0 Å². The number of hydrogen-bond acceptors (Lipinski definition) is 2. The Morgan fingerprint density at radius 2 is 1.81 bits per heavy atom. The molecule has 1 saturated heterocycles. The predicted molar refractivity (Wildman–Crippen MR) is 63.7 cm³/mol. The van der Waals surface area contributed by atoms with Gasteiger partial charge >= 0.3 is 0 Å². The van der Waals surface area contributed by atoms with E-state index in [4.69, 9.17) is 0 Å². The highest BCUT2D eigenvalue weighted by atomic mass is 16.3. The Balaban J connectivity index is 2.62. The van der Waals surface area contributed by atoms with Crippen molar-refractivity contribution in [3.05, 3.63) is 0 Å². The van der Waals surface area contributed by atoms with Gasteiger partial charge in [-0.05, 0) is 20.8 Å². The molecular weight excluding hydrogens is 202 g/mol. The molecule has 16 heavy (non-hydrogen) atoms. The average Bonchev–Trinajstić information content (AvgIpc) is 2.15. The molecule has 1 aliphatic rings. The first-order valence-corrected chi connectivity index (χ1v) is 5.74. The van der Waals surface area contributed by atoms with Gasteiger partial charge in [-0.3, -0.25) is 4.79 Å². The number of likely N-dealkylation sites (tertiary alicyclic amines) is 1. The molecular formula is C13H21NO2. The van der Waals surface area contributed by atoms with Gasteiger partial charge in [0.15, 0.2) is 0 Å². The fourth-order valence-electron chi connectivity index (χ4n) is 1.62. The summed E-state index contributed by atoms with van der Waals surface area (Å²) in [5.41, 5.74) is -0.993. The van der Waals surface area contributed by atoms with E-state index in [-0.39, 0.29) is 11.3 Å². The van der Waals surface area contributed by atoms with Crippen molar-refractivity contribution in [2.45, 2.75) is 46.1 Å². The van der Waals surface area contributed by atoms with Crippen LogP contribution in [0.1, 0.15) is 40.5 Å². The largest absolute Gasteiger partial charge is 0.377 e. The maximum Gasteiger partial charge on any atom is 0.219 e. The molecule has 1 N–H and O–H groups in total. The summed E-state index contributed by atoms with van der Waals surface area (Å²) < 4.78 is 0. The molecule has 3 heteroatoms. The van der Waals surface area contributed by atoms with E-state index in [1.54, 1.807) is 11.8 Å². The zero-order chi connectivity index (χ0) is 12.4. The van der Waals surface area contributed by atoms with Crippen molar-refractivity contribution in [2.75, 3.05) is 13.1 Å². The van der Waals surface area contributed by atoms with Crippen molar-refractivity contribution in [1.29, 1.82) is 0 Å². The molecule has 0 aromatic carbocycles. The smallest absolute Gasteiger partial charge is 0.219 e. The van der Waals surface area contributed by atoms with Crippen LogP contribution >= 0.6 is 0 Å². The van der Waals surface area contributed by atoms with Crippen molar-refractivity contribution in [1.82, 2.24) is 4.90 Å². The van der Waals surface area contributed by atoms with Crippen LogP contribution in [-0.2, 0) is 4.79 Å². The molecule has 0 spiro atoms. The van der Waals surface area contributed by atoms with Gasteiger partial charge in [-0.2, -0.15) is 0 Å². The summed E-state index contributed by atoms with van der Waals surface area (Å²) in [7, 11) is 0. The summed E-state index contributed by atoms with van der Waals surface area (Å²) >= 11 is 0. The maximum absolute atomic E-state index is 11.1. The third-order valence-corrected chi connectivity index (χ3v) is 2.71. The lowest BCUT2D eigenvalue weighted by molar-refractivity contribution is -0.131. The third-order valence-electron chi connectivity index (χ3n) is 2.71. The average molecular weight is 223 g/mol. The number of aliphatic hydroxyl groups is 1. The van der Waals surface area contributed by atoms with E-state index in [1.807, 2.05) is 20.8 Å². The highest BCUT2D eigenvalue weighted by molar-refractivity contribution is 5.73. The van der Waals surface area contributed by atoms with Crippen LogP contribution in [0.15, 0.2) is 0 Å². The number of hydrogen-bond donors (Lipinski definition) is 1. The molecule has 0 saturated carbocycles. The third kappa shape index (κ3) is 3.86. The van der Waals surface area contributed by atoms with Crippen molar-refractivity contribution < 1.29 is 9.90 Å². The van der Waals surface area contributed by atoms with Crippen LogP contribution in [0.3, 0.4) is 0 Å². The van der Waals surface area contributed by atoms with Crippen LogP contribution in [0.5, 0.6) is 0 Å².